The van der Waals surface area contributed by atoms with E-state index in [-0.39, 0.29) is 5.91 Å². The molecule has 2 N–H and O–H groups in total. The van der Waals surface area contributed by atoms with Gasteiger partial charge < -0.3 is 9.55 Å². The minimum atomic E-state index is -0.281. The molecule has 1 amide bonds. The summed E-state index contributed by atoms with van der Waals surface area (Å²) >= 11 is 6.34. The Kier molecular flexibility index (Phi) is 4.75. The first-order valence-corrected chi connectivity index (χ1v) is 9.27. The Hall–Kier alpha value is -3.31. The van der Waals surface area contributed by atoms with Gasteiger partial charge in [0.1, 0.15) is 0 Å². The van der Waals surface area contributed by atoms with Crippen molar-refractivity contribution in [2.45, 2.75) is 13.8 Å². The van der Waals surface area contributed by atoms with Crippen molar-refractivity contribution in [2.75, 3.05) is 0 Å². The van der Waals surface area contributed by atoms with E-state index >= 15 is 0 Å². The van der Waals surface area contributed by atoms with E-state index in [1.165, 1.54) is 6.21 Å². The van der Waals surface area contributed by atoms with Gasteiger partial charge in [-0.15, -0.1) is 0 Å². The minimum absolute atomic E-state index is 0.281. The molecule has 0 saturated heterocycles. The molecule has 0 atom stereocenters. The Morgan fingerprint density at radius 1 is 1.04 bits per heavy atom. The average molecular weight is 391 g/mol. The van der Waals surface area contributed by atoms with Crippen LogP contribution in [-0.2, 0) is 0 Å². The Balaban J connectivity index is 1.47. The Morgan fingerprint density at radius 3 is 2.39 bits per heavy atom. The summed E-state index contributed by atoms with van der Waals surface area (Å²) in [4.78, 5) is 15.5. The van der Waals surface area contributed by atoms with E-state index in [0.29, 0.717) is 16.3 Å². The highest BCUT2D eigenvalue weighted by molar-refractivity contribution is 6.38. The monoisotopic (exact) mass is 390 g/mol. The first kappa shape index (κ1) is 18.1. The highest BCUT2D eigenvalue weighted by Gasteiger charge is 2.09. The number of amides is 1. The number of hydrogen-bond donors (Lipinski definition) is 2. The molecule has 0 radical (unpaired) electrons. The third-order valence-electron chi connectivity index (χ3n) is 4.69. The molecular weight excluding hydrogens is 372 g/mol. The summed E-state index contributed by atoms with van der Waals surface area (Å²) in [6.07, 6.45) is 1.52. The van der Waals surface area contributed by atoms with Crippen molar-refractivity contribution in [2.24, 2.45) is 5.10 Å². The first-order valence-electron chi connectivity index (χ1n) is 8.89. The molecule has 140 valence electrons. The second-order valence-electron chi connectivity index (χ2n) is 6.60. The number of fused-ring (bicyclic) bond motifs is 1. The molecule has 0 spiro atoms. The van der Waals surface area contributed by atoms with Crippen molar-refractivity contribution in [1.82, 2.24) is 15.0 Å². The van der Waals surface area contributed by atoms with Crippen LogP contribution in [0.5, 0.6) is 0 Å². The molecule has 0 aliphatic heterocycles. The summed E-state index contributed by atoms with van der Waals surface area (Å²) in [6, 6.07) is 19.3. The number of carbonyl (C=O) groups is 1. The maximum Gasteiger partial charge on any atom is 0.271 e. The predicted octanol–water partition coefficient (Wildman–Crippen LogP) is 4.99. The summed E-state index contributed by atoms with van der Waals surface area (Å²) in [5.41, 5.74) is 7.96. The van der Waals surface area contributed by atoms with E-state index in [9.17, 15) is 4.79 Å². The summed E-state index contributed by atoms with van der Waals surface area (Å²) in [7, 11) is 0. The van der Waals surface area contributed by atoms with E-state index in [4.69, 9.17) is 11.6 Å². The van der Waals surface area contributed by atoms with Gasteiger partial charge in [0.2, 0.25) is 0 Å². The Labute approximate surface area is 167 Å². The molecule has 4 rings (SSSR count). The number of carbonyl (C=O) groups excluding carboxylic acids is 1. The second-order valence-corrected chi connectivity index (χ2v) is 6.97. The number of para-hydroxylation sites is 1. The molecule has 0 aliphatic rings. The molecule has 28 heavy (non-hydrogen) atoms. The number of H-pyrrole nitrogens is 1. The van der Waals surface area contributed by atoms with Crippen molar-refractivity contribution in [3.05, 3.63) is 88.3 Å². The quantitative estimate of drug-likeness (QED) is 0.374. The van der Waals surface area contributed by atoms with Crippen molar-refractivity contribution in [1.29, 1.82) is 0 Å². The summed E-state index contributed by atoms with van der Waals surface area (Å²) in [5, 5.41) is 5.53. The topological polar surface area (TPSA) is 62.2 Å². The van der Waals surface area contributed by atoms with Gasteiger partial charge in [0.05, 0.1) is 16.9 Å². The van der Waals surface area contributed by atoms with Crippen LogP contribution in [0, 0.1) is 13.8 Å². The van der Waals surface area contributed by atoms with Gasteiger partial charge in [-0.2, -0.15) is 5.10 Å². The highest BCUT2D eigenvalue weighted by atomic mass is 35.5. The van der Waals surface area contributed by atoms with Crippen molar-refractivity contribution >= 4 is 34.6 Å². The Morgan fingerprint density at radius 2 is 1.71 bits per heavy atom. The smallest absolute Gasteiger partial charge is 0.271 e. The van der Waals surface area contributed by atoms with Crippen LogP contribution in [0.2, 0.25) is 5.02 Å². The molecule has 2 aromatic heterocycles. The van der Waals surface area contributed by atoms with E-state index in [1.54, 1.807) is 12.1 Å². The predicted molar refractivity (Wildman–Crippen MR) is 114 cm³/mol. The number of aryl methyl sites for hydroxylation is 2. The van der Waals surface area contributed by atoms with Gasteiger partial charge in [-0.25, -0.2) is 5.43 Å². The van der Waals surface area contributed by atoms with Crippen LogP contribution < -0.4 is 5.43 Å². The Bertz CT molecular complexity index is 1170. The molecule has 4 aromatic rings. The molecule has 0 bridgehead atoms. The lowest BCUT2D eigenvalue weighted by Crippen LogP contribution is -2.17. The second kappa shape index (κ2) is 7.37. The van der Waals surface area contributed by atoms with Gasteiger partial charge in [-0.05, 0) is 56.3 Å². The molecule has 2 aromatic carbocycles. The van der Waals surface area contributed by atoms with Crippen LogP contribution in [0.1, 0.15) is 27.4 Å². The number of halogens is 1. The van der Waals surface area contributed by atoms with Crippen molar-refractivity contribution < 1.29 is 4.79 Å². The van der Waals surface area contributed by atoms with Crippen LogP contribution in [-0.4, -0.2) is 21.7 Å². The molecule has 2 heterocycles. The van der Waals surface area contributed by atoms with Gasteiger partial charge >= 0.3 is 0 Å². The third-order valence-corrected chi connectivity index (χ3v) is 5.10. The normalized spacial score (nSPS) is 11.4. The number of nitrogens with one attached hydrogen (secondary N) is 2. The molecule has 5 nitrogen and oxygen atoms in total. The van der Waals surface area contributed by atoms with Gasteiger partial charge in [-0.3, -0.25) is 4.79 Å². The fourth-order valence-corrected chi connectivity index (χ4v) is 3.54. The number of aromatic amines is 1. The fourth-order valence-electron chi connectivity index (χ4n) is 3.28. The number of nitrogens with zero attached hydrogens (tertiary/aromatic N) is 2. The molecule has 0 aliphatic carbocycles. The number of benzene rings is 2. The van der Waals surface area contributed by atoms with Crippen molar-refractivity contribution in [3.63, 3.8) is 0 Å². The largest absolute Gasteiger partial charge is 0.352 e. The average Bonchev–Trinajstić information content (AvgIpc) is 3.21. The molecule has 0 fully saturated rings. The van der Waals surface area contributed by atoms with Crippen LogP contribution in [0.3, 0.4) is 0 Å². The number of hydrazone groups is 1. The standard InChI is InChI=1S/C22H19ClN4O/c1-14-7-8-15(2)27(14)17-11-9-16(10-12-17)22(28)26-24-13-20-21(23)18-5-3-4-6-19(18)25-20/h3-13,25H,1-2H3,(H,26,28)/b24-13-. The zero-order valence-electron chi connectivity index (χ0n) is 15.5. The third kappa shape index (κ3) is 3.32. The lowest BCUT2D eigenvalue weighted by Gasteiger charge is -2.10. The number of aromatic nitrogens is 2. The van der Waals surface area contributed by atoms with E-state index in [1.807, 2.05) is 36.4 Å². The highest BCUT2D eigenvalue weighted by Crippen LogP contribution is 2.25. The summed E-state index contributed by atoms with van der Waals surface area (Å²) in [5.74, 6) is -0.281. The summed E-state index contributed by atoms with van der Waals surface area (Å²) in [6.45, 7) is 4.11. The molecule has 0 saturated carbocycles. The van der Waals surface area contributed by atoms with Crippen molar-refractivity contribution in [3.8, 4) is 5.69 Å². The van der Waals surface area contributed by atoms with Gasteiger partial charge in [0.15, 0.2) is 0 Å². The van der Waals surface area contributed by atoms with Gasteiger partial charge in [0.25, 0.3) is 5.91 Å². The molecular formula is C22H19ClN4O. The van der Waals surface area contributed by atoms with Gasteiger partial charge in [0, 0.05) is 33.5 Å². The number of rotatable bonds is 4. The van der Waals surface area contributed by atoms with Crippen LogP contribution >= 0.6 is 11.6 Å². The molecule has 0 unspecified atom stereocenters. The maximum absolute atomic E-state index is 12.3. The van der Waals surface area contributed by atoms with Crippen LogP contribution in [0.4, 0.5) is 0 Å². The van der Waals surface area contributed by atoms with E-state index in [0.717, 1.165) is 28.0 Å². The zero-order chi connectivity index (χ0) is 19.7. The summed E-state index contributed by atoms with van der Waals surface area (Å²) < 4.78 is 2.14. The van der Waals surface area contributed by atoms with Crippen LogP contribution in [0.15, 0.2) is 65.8 Å². The lowest BCUT2D eigenvalue weighted by molar-refractivity contribution is 0.0955. The zero-order valence-corrected chi connectivity index (χ0v) is 16.3. The maximum atomic E-state index is 12.3. The lowest BCUT2D eigenvalue weighted by atomic mass is 10.2. The SMILES string of the molecule is Cc1ccc(C)n1-c1ccc(C(=O)N/N=C\c2[nH]c3ccccc3c2Cl)cc1. The number of hydrogen-bond acceptors (Lipinski definition) is 2. The van der Waals surface area contributed by atoms with E-state index < -0.39 is 0 Å². The fraction of sp³-hybridized carbons (Fsp3) is 0.0909. The van der Waals surface area contributed by atoms with Crippen LogP contribution in [0.25, 0.3) is 16.6 Å². The molecule has 6 heteroatoms. The first-order chi connectivity index (χ1) is 13.5. The van der Waals surface area contributed by atoms with E-state index in [2.05, 4.69) is 46.1 Å². The van der Waals surface area contributed by atoms with Gasteiger partial charge in [-0.1, -0.05) is 29.8 Å². The minimum Gasteiger partial charge on any atom is -0.352 e.